The maximum Gasteiger partial charge on any atom is 0.145 e. The van der Waals surface area contributed by atoms with E-state index in [0.717, 1.165) is 22.5 Å². The first-order valence-corrected chi connectivity index (χ1v) is 6.74. The van der Waals surface area contributed by atoms with Gasteiger partial charge in [0, 0.05) is 19.3 Å². The third kappa shape index (κ3) is 2.75. The Morgan fingerprint density at radius 3 is 3.12 bits per heavy atom. The molecule has 1 aliphatic heterocycles. The molecule has 0 amide bonds. The van der Waals surface area contributed by atoms with E-state index in [1.807, 2.05) is 6.20 Å². The fraction of sp³-hybridized carbons (Fsp3) is 0.600. The Morgan fingerprint density at radius 1 is 1.62 bits per heavy atom. The van der Waals surface area contributed by atoms with Gasteiger partial charge in [-0.25, -0.2) is 9.97 Å². The third-order valence-corrected chi connectivity index (χ3v) is 3.55. The molecular formula is C10H13ClIN3O. The van der Waals surface area contributed by atoms with Crippen molar-refractivity contribution in [2.45, 2.75) is 19.1 Å². The van der Waals surface area contributed by atoms with Crippen molar-refractivity contribution < 1.29 is 4.74 Å². The molecule has 1 aliphatic rings. The lowest BCUT2D eigenvalue weighted by Crippen LogP contribution is -2.48. The van der Waals surface area contributed by atoms with Gasteiger partial charge in [-0.05, 0) is 29.5 Å². The number of hydrogen-bond donors (Lipinski definition) is 0. The normalized spacial score (nSPS) is 25.8. The van der Waals surface area contributed by atoms with Gasteiger partial charge in [-0.2, -0.15) is 0 Å². The van der Waals surface area contributed by atoms with Crippen LogP contribution >= 0.6 is 34.2 Å². The van der Waals surface area contributed by atoms with Crippen LogP contribution < -0.4 is 4.90 Å². The van der Waals surface area contributed by atoms with Gasteiger partial charge in [0.2, 0.25) is 0 Å². The highest BCUT2D eigenvalue weighted by atomic mass is 127. The molecule has 0 saturated carbocycles. The lowest BCUT2D eigenvalue weighted by molar-refractivity contribution is -0.00362. The summed E-state index contributed by atoms with van der Waals surface area (Å²) in [5.41, 5.74) is 0. The molecule has 2 unspecified atom stereocenters. The molecule has 16 heavy (non-hydrogen) atoms. The lowest BCUT2D eigenvalue weighted by Gasteiger charge is -2.37. The number of nitrogens with zero attached hydrogens (tertiary/aromatic N) is 3. The zero-order valence-electron chi connectivity index (χ0n) is 8.94. The Bertz CT molecular complexity index is 366. The van der Waals surface area contributed by atoms with Crippen LogP contribution in [0.1, 0.15) is 6.92 Å². The summed E-state index contributed by atoms with van der Waals surface area (Å²) in [4.78, 5) is 10.5. The van der Waals surface area contributed by atoms with Gasteiger partial charge in [-0.1, -0.05) is 0 Å². The smallest absolute Gasteiger partial charge is 0.145 e. The van der Waals surface area contributed by atoms with Crippen molar-refractivity contribution in [1.29, 1.82) is 0 Å². The quantitative estimate of drug-likeness (QED) is 0.601. The zero-order chi connectivity index (χ0) is 11.5. The van der Waals surface area contributed by atoms with Gasteiger partial charge in [-0.3, -0.25) is 0 Å². The van der Waals surface area contributed by atoms with Gasteiger partial charge in [0.05, 0.1) is 21.7 Å². The fourth-order valence-electron chi connectivity index (χ4n) is 1.84. The van der Waals surface area contributed by atoms with Crippen LogP contribution in [0.3, 0.4) is 0 Å². The van der Waals surface area contributed by atoms with Crippen molar-refractivity contribution in [1.82, 2.24) is 9.97 Å². The first-order chi connectivity index (χ1) is 7.70. The van der Waals surface area contributed by atoms with Crippen molar-refractivity contribution >= 4 is 40.0 Å². The fourth-order valence-corrected chi connectivity index (χ4v) is 2.65. The molecule has 2 heterocycles. The molecule has 0 N–H and O–H groups in total. The van der Waals surface area contributed by atoms with Crippen LogP contribution in [0.5, 0.6) is 0 Å². The van der Waals surface area contributed by atoms with E-state index >= 15 is 0 Å². The van der Waals surface area contributed by atoms with E-state index in [2.05, 4.69) is 44.4 Å². The summed E-state index contributed by atoms with van der Waals surface area (Å²) in [7, 11) is 0. The highest BCUT2D eigenvalue weighted by Crippen LogP contribution is 2.22. The van der Waals surface area contributed by atoms with Crippen LogP contribution in [0, 0.1) is 3.57 Å². The minimum absolute atomic E-state index is 0.0798. The summed E-state index contributed by atoms with van der Waals surface area (Å²) in [5.74, 6) is 1.49. The molecule has 1 fully saturated rings. The molecule has 2 rings (SSSR count). The molecule has 1 aromatic heterocycles. The minimum Gasteiger partial charge on any atom is -0.370 e. The topological polar surface area (TPSA) is 38.2 Å². The van der Waals surface area contributed by atoms with Gasteiger partial charge in [0.15, 0.2) is 0 Å². The second-order valence-corrected chi connectivity index (χ2v) is 5.29. The predicted octanol–water partition coefficient (Wildman–Crippen LogP) is 1.91. The number of hydrogen-bond acceptors (Lipinski definition) is 4. The molecule has 0 aliphatic carbocycles. The van der Waals surface area contributed by atoms with E-state index in [9.17, 15) is 0 Å². The molecule has 0 radical (unpaired) electrons. The Kier molecular flexibility index (Phi) is 4.21. The molecule has 1 aromatic rings. The van der Waals surface area contributed by atoms with E-state index in [0.29, 0.717) is 5.88 Å². The average molecular weight is 354 g/mol. The molecule has 4 nitrogen and oxygen atoms in total. The largest absolute Gasteiger partial charge is 0.370 e. The van der Waals surface area contributed by atoms with Crippen LogP contribution in [0.4, 0.5) is 5.82 Å². The molecule has 2 atom stereocenters. The molecule has 88 valence electrons. The van der Waals surface area contributed by atoms with Crippen LogP contribution in [0.2, 0.25) is 0 Å². The Balaban J connectivity index is 2.17. The summed E-state index contributed by atoms with van der Waals surface area (Å²) in [5, 5.41) is 0. The summed E-state index contributed by atoms with van der Waals surface area (Å²) in [6.45, 7) is 3.70. The monoisotopic (exact) mass is 353 g/mol. The van der Waals surface area contributed by atoms with Gasteiger partial charge < -0.3 is 9.64 Å². The first-order valence-electron chi connectivity index (χ1n) is 5.12. The van der Waals surface area contributed by atoms with Crippen LogP contribution in [0.15, 0.2) is 12.5 Å². The second-order valence-electron chi connectivity index (χ2n) is 3.82. The Labute approximate surface area is 113 Å². The summed E-state index contributed by atoms with van der Waals surface area (Å²) in [6.07, 6.45) is 3.66. The number of ether oxygens (including phenoxy) is 1. The van der Waals surface area contributed by atoms with E-state index in [4.69, 9.17) is 16.3 Å². The number of anilines is 1. The maximum absolute atomic E-state index is 5.85. The van der Waals surface area contributed by atoms with Crippen molar-refractivity contribution in [2.75, 3.05) is 23.9 Å². The molecule has 1 saturated heterocycles. The molecule has 6 heteroatoms. The van der Waals surface area contributed by atoms with Crippen LogP contribution in [-0.2, 0) is 4.74 Å². The predicted molar refractivity (Wildman–Crippen MR) is 72.0 cm³/mol. The summed E-state index contributed by atoms with van der Waals surface area (Å²) in [6, 6.07) is 0. The average Bonchev–Trinajstić information content (AvgIpc) is 2.28. The zero-order valence-corrected chi connectivity index (χ0v) is 11.8. The van der Waals surface area contributed by atoms with E-state index in [1.54, 1.807) is 6.33 Å². The Morgan fingerprint density at radius 2 is 2.44 bits per heavy atom. The number of aromatic nitrogens is 2. The standard InChI is InChI=1S/C10H13ClIN3O/c1-7-4-15(5-8(2-11)16-7)10-9(12)3-13-6-14-10/h3,6-8H,2,4-5H2,1H3. The highest BCUT2D eigenvalue weighted by molar-refractivity contribution is 14.1. The Hall–Kier alpha value is -0.140. The van der Waals surface area contributed by atoms with Crippen molar-refractivity contribution in [2.24, 2.45) is 0 Å². The number of morpholine rings is 1. The minimum atomic E-state index is 0.0798. The van der Waals surface area contributed by atoms with Gasteiger partial charge in [0.1, 0.15) is 12.1 Å². The van der Waals surface area contributed by atoms with E-state index in [1.165, 1.54) is 0 Å². The second kappa shape index (κ2) is 5.46. The SMILES string of the molecule is CC1CN(c2ncncc2I)CC(CCl)O1. The van der Waals surface area contributed by atoms with Gasteiger partial charge in [-0.15, -0.1) is 11.6 Å². The molecule has 0 bridgehead atoms. The third-order valence-electron chi connectivity index (χ3n) is 2.45. The number of rotatable bonds is 2. The van der Waals surface area contributed by atoms with Gasteiger partial charge in [0.25, 0.3) is 0 Å². The van der Waals surface area contributed by atoms with E-state index < -0.39 is 0 Å². The number of alkyl halides is 1. The first kappa shape index (κ1) is 12.3. The maximum atomic E-state index is 5.85. The highest BCUT2D eigenvalue weighted by Gasteiger charge is 2.26. The number of halogens is 2. The molecule has 0 spiro atoms. The van der Waals surface area contributed by atoms with Crippen molar-refractivity contribution in [3.05, 3.63) is 16.1 Å². The molecular weight excluding hydrogens is 340 g/mol. The van der Waals surface area contributed by atoms with Crippen molar-refractivity contribution in [3.63, 3.8) is 0 Å². The van der Waals surface area contributed by atoms with Crippen LogP contribution in [0.25, 0.3) is 0 Å². The summed E-state index contributed by atoms with van der Waals surface area (Å²) >= 11 is 8.10. The van der Waals surface area contributed by atoms with E-state index in [-0.39, 0.29) is 12.2 Å². The lowest BCUT2D eigenvalue weighted by atomic mass is 10.2. The summed E-state index contributed by atoms with van der Waals surface area (Å²) < 4.78 is 6.77. The molecule has 0 aromatic carbocycles. The van der Waals surface area contributed by atoms with Gasteiger partial charge >= 0.3 is 0 Å². The van der Waals surface area contributed by atoms with Crippen molar-refractivity contribution in [3.8, 4) is 0 Å². The van der Waals surface area contributed by atoms with Crippen LogP contribution in [-0.4, -0.2) is 41.1 Å².